The molecule has 2 rings (SSSR count). The third-order valence-corrected chi connectivity index (χ3v) is 3.55. The van der Waals surface area contributed by atoms with Gasteiger partial charge in [-0.2, -0.15) is 5.26 Å². The fourth-order valence-corrected chi connectivity index (χ4v) is 2.30. The summed E-state index contributed by atoms with van der Waals surface area (Å²) in [5.74, 6) is -0.834. The summed E-state index contributed by atoms with van der Waals surface area (Å²) in [6.45, 7) is 0. The fraction of sp³-hybridized carbons (Fsp3) is 0.143. The molecule has 24 heavy (non-hydrogen) atoms. The van der Waals surface area contributed by atoms with Crippen LogP contribution in [0.1, 0.15) is 18.4 Å². The Morgan fingerprint density at radius 2 is 2.00 bits per heavy atom. The lowest BCUT2D eigenvalue weighted by Gasteiger charge is -2.07. The largest absolute Gasteiger partial charge is 0.325 e. The molecule has 2 amide bonds. The van der Waals surface area contributed by atoms with E-state index in [9.17, 15) is 19.7 Å². The third-order valence-electron chi connectivity index (χ3n) is 2.87. The van der Waals surface area contributed by atoms with Gasteiger partial charge in [-0.25, -0.2) is 4.98 Å². The van der Waals surface area contributed by atoms with E-state index >= 15 is 0 Å². The van der Waals surface area contributed by atoms with Gasteiger partial charge in [0.1, 0.15) is 6.07 Å². The Morgan fingerprint density at radius 3 is 2.58 bits per heavy atom. The number of aromatic nitrogens is 1. The number of thiazole rings is 1. The number of hydrogen-bond donors (Lipinski definition) is 2. The number of nitrogens with one attached hydrogen (secondary N) is 2. The van der Waals surface area contributed by atoms with Crippen molar-refractivity contribution in [3.05, 3.63) is 45.5 Å². The van der Waals surface area contributed by atoms with E-state index < -0.39 is 10.8 Å². The van der Waals surface area contributed by atoms with E-state index in [-0.39, 0.29) is 35.7 Å². The first kappa shape index (κ1) is 17.0. The SMILES string of the molecule is N#Cc1cc([N+](=O)[O-])ccc1NC(=O)CCC(=O)Nc1nccs1. The van der Waals surface area contributed by atoms with Gasteiger partial charge in [0.2, 0.25) is 11.8 Å². The highest BCUT2D eigenvalue weighted by Crippen LogP contribution is 2.21. The molecule has 0 spiro atoms. The maximum absolute atomic E-state index is 11.9. The van der Waals surface area contributed by atoms with E-state index in [1.54, 1.807) is 17.6 Å². The van der Waals surface area contributed by atoms with Crippen molar-refractivity contribution in [1.82, 2.24) is 4.98 Å². The van der Waals surface area contributed by atoms with Crippen LogP contribution in [0, 0.1) is 21.4 Å². The van der Waals surface area contributed by atoms with Gasteiger partial charge in [-0.1, -0.05) is 0 Å². The molecular weight excluding hydrogens is 334 g/mol. The van der Waals surface area contributed by atoms with Crippen molar-refractivity contribution in [2.24, 2.45) is 0 Å². The van der Waals surface area contributed by atoms with Gasteiger partial charge in [0.25, 0.3) is 5.69 Å². The van der Waals surface area contributed by atoms with Gasteiger partial charge >= 0.3 is 0 Å². The molecule has 0 saturated heterocycles. The number of anilines is 2. The van der Waals surface area contributed by atoms with Crippen LogP contribution in [-0.4, -0.2) is 21.7 Å². The number of rotatable bonds is 6. The highest BCUT2D eigenvalue weighted by molar-refractivity contribution is 7.13. The van der Waals surface area contributed by atoms with Crippen LogP contribution in [-0.2, 0) is 9.59 Å². The van der Waals surface area contributed by atoms with E-state index in [0.29, 0.717) is 5.13 Å². The number of nitriles is 1. The first-order chi connectivity index (χ1) is 11.5. The van der Waals surface area contributed by atoms with Crippen molar-refractivity contribution in [2.45, 2.75) is 12.8 Å². The van der Waals surface area contributed by atoms with Gasteiger partial charge in [0.05, 0.1) is 16.2 Å². The molecule has 1 heterocycles. The number of nitro benzene ring substituents is 1. The van der Waals surface area contributed by atoms with E-state index in [1.165, 1.54) is 23.5 Å². The molecule has 0 aliphatic rings. The highest BCUT2D eigenvalue weighted by Gasteiger charge is 2.14. The molecule has 10 heteroatoms. The molecule has 0 aliphatic carbocycles. The number of amides is 2. The van der Waals surface area contributed by atoms with Gasteiger partial charge in [0, 0.05) is 36.6 Å². The molecule has 0 bridgehead atoms. The van der Waals surface area contributed by atoms with Crippen LogP contribution in [0.4, 0.5) is 16.5 Å². The van der Waals surface area contributed by atoms with Crippen LogP contribution in [0.15, 0.2) is 29.8 Å². The monoisotopic (exact) mass is 345 g/mol. The zero-order valence-corrected chi connectivity index (χ0v) is 13.0. The summed E-state index contributed by atoms with van der Waals surface area (Å²) in [5, 5.41) is 26.8. The number of non-ortho nitro benzene ring substituents is 1. The predicted octanol–water partition coefficient (Wildman–Crippen LogP) is 2.28. The van der Waals surface area contributed by atoms with Crippen molar-refractivity contribution < 1.29 is 14.5 Å². The maximum atomic E-state index is 11.9. The summed E-state index contributed by atoms with van der Waals surface area (Å²) >= 11 is 1.26. The minimum atomic E-state index is -0.630. The molecule has 9 nitrogen and oxygen atoms in total. The van der Waals surface area contributed by atoms with Crippen molar-refractivity contribution in [2.75, 3.05) is 10.6 Å². The number of carbonyl (C=O) groups is 2. The molecule has 2 aromatic rings. The average molecular weight is 345 g/mol. The van der Waals surface area contributed by atoms with Gasteiger partial charge < -0.3 is 10.6 Å². The molecule has 0 saturated carbocycles. The Kier molecular flexibility index (Phi) is 5.54. The molecule has 0 fully saturated rings. The van der Waals surface area contributed by atoms with Crippen molar-refractivity contribution >= 4 is 39.7 Å². The third kappa shape index (κ3) is 4.59. The van der Waals surface area contributed by atoms with Crippen molar-refractivity contribution in [3.8, 4) is 6.07 Å². The van der Waals surface area contributed by atoms with Gasteiger partial charge in [-0.05, 0) is 6.07 Å². The Bertz CT molecular complexity index is 813. The van der Waals surface area contributed by atoms with Crippen LogP contribution in [0.5, 0.6) is 0 Å². The second kappa shape index (κ2) is 7.80. The van der Waals surface area contributed by atoms with Crippen molar-refractivity contribution in [1.29, 1.82) is 5.26 Å². The molecule has 1 aromatic heterocycles. The lowest BCUT2D eigenvalue weighted by atomic mass is 10.1. The first-order valence-corrected chi connectivity index (χ1v) is 7.55. The van der Waals surface area contributed by atoms with E-state index in [2.05, 4.69) is 15.6 Å². The van der Waals surface area contributed by atoms with E-state index in [4.69, 9.17) is 5.26 Å². The number of nitro groups is 1. The van der Waals surface area contributed by atoms with Gasteiger partial charge in [-0.3, -0.25) is 19.7 Å². The highest BCUT2D eigenvalue weighted by atomic mass is 32.1. The van der Waals surface area contributed by atoms with Crippen LogP contribution in [0.3, 0.4) is 0 Å². The summed E-state index contributed by atoms with van der Waals surface area (Å²) in [5.41, 5.74) is -0.106. The quantitative estimate of drug-likeness (QED) is 0.608. The molecule has 0 radical (unpaired) electrons. The van der Waals surface area contributed by atoms with Crippen LogP contribution in [0.25, 0.3) is 0 Å². The molecule has 0 atom stereocenters. The summed E-state index contributed by atoms with van der Waals surface area (Å²) < 4.78 is 0. The molecule has 2 N–H and O–H groups in total. The number of nitrogens with zero attached hydrogens (tertiary/aromatic N) is 3. The summed E-state index contributed by atoms with van der Waals surface area (Å²) in [6.07, 6.45) is 1.39. The Labute approximate surface area is 140 Å². The van der Waals surface area contributed by atoms with Gasteiger partial charge in [-0.15, -0.1) is 11.3 Å². The van der Waals surface area contributed by atoms with Gasteiger partial charge in [0.15, 0.2) is 5.13 Å². The zero-order chi connectivity index (χ0) is 17.5. The lowest BCUT2D eigenvalue weighted by Crippen LogP contribution is -2.17. The number of hydrogen-bond acceptors (Lipinski definition) is 7. The second-order valence-corrected chi connectivity index (χ2v) is 5.43. The molecule has 0 aliphatic heterocycles. The smallest absolute Gasteiger partial charge is 0.270 e. The summed E-state index contributed by atoms with van der Waals surface area (Å²) in [4.78, 5) is 37.4. The zero-order valence-electron chi connectivity index (χ0n) is 12.2. The van der Waals surface area contributed by atoms with Crippen LogP contribution < -0.4 is 10.6 Å². The Morgan fingerprint density at radius 1 is 1.29 bits per heavy atom. The first-order valence-electron chi connectivity index (χ1n) is 6.67. The average Bonchev–Trinajstić information content (AvgIpc) is 3.06. The summed E-state index contributed by atoms with van der Waals surface area (Å²) in [7, 11) is 0. The number of carbonyl (C=O) groups excluding carboxylic acids is 2. The Hall–Kier alpha value is -3.32. The normalized spacial score (nSPS) is 9.79. The fourth-order valence-electron chi connectivity index (χ4n) is 1.75. The minimum Gasteiger partial charge on any atom is -0.325 e. The second-order valence-electron chi connectivity index (χ2n) is 4.53. The topological polar surface area (TPSA) is 138 Å². The molecular formula is C14H11N5O4S. The molecule has 1 aromatic carbocycles. The predicted molar refractivity (Wildman–Crippen MR) is 86.4 cm³/mol. The lowest BCUT2D eigenvalue weighted by molar-refractivity contribution is -0.384. The van der Waals surface area contributed by atoms with Crippen molar-refractivity contribution in [3.63, 3.8) is 0 Å². The van der Waals surface area contributed by atoms with Crippen LogP contribution >= 0.6 is 11.3 Å². The Balaban J connectivity index is 1.91. The molecule has 0 unspecified atom stereocenters. The molecule has 122 valence electrons. The van der Waals surface area contributed by atoms with Crippen LogP contribution in [0.2, 0.25) is 0 Å². The van der Waals surface area contributed by atoms with E-state index in [0.717, 1.165) is 6.07 Å². The standard InChI is InChI=1S/C14H11N5O4S/c15-8-9-7-10(19(22)23)1-2-11(9)17-12(20)3-4-13(21)18-14-16-5-6-24-14/h1-2,5-7H,3-4H2,(H,17,20)(H,16,18,21). The number of benzene rings is 1. The van der Waals surface area contributed by atoms with E-state index in [1.807, 2.05) is 0 Å². The maximum Gasteiger partial charge on any atom is 0.270 e. The minimum absolute atomic E-state index is 0.0233. The summed E-state index contributed by atoms with van der Waals surface area (Å²) in [6, 6.07) is 5.33.